The molecule has 0 amide bonds. The average Bonchev–Trinajstić information content (AvgIpc) is 2.99. The zero-order valence-corrected chi connectivity index (χ0v) is 19.9. The van der Waals surface area contributed by atoms with Gasteiger partial charge in [-0.3, -0.25) is 9.59 Å². The molecule has 9 heteroatoms. The van der Waals surface area contributed by atoms with Crippen molar-refractivity contribution in [1.29, 1.82) is 0 Å². The molecule has 0 saturated heterocycles. The van der Waals surface area contributed by atoms with Crippen molar-refractivity contribution in [3.05, 3.63) is 76.5 Å². The second kappa shape index (κ2) is 8.47. The Morgan fingerprint density at radius 2 is 1.85 bits per heavy atom. The van der Waals surface area contributed by atoms with Gasteiger partial charge in [0.2, 0.25) is 9.84 Å². The van der Waals surface area contributed by atoms with Crippen molar-refractivity contribution in [1.82, 2.24) is 9.55 Å². The molecule has 0 radical (unpaired) electrons. The molecule has 0 unspecified atom stereocenters. The molecule has 0 atom stereocenters. The number of fused-ring (bicyclic) bond motifs is 1. The van der Waals surface area contributed by atoms with Gasteiger partial charge in [0, 0.05) is 36.0 Å². The SMILES string of the molecule is Cc1c(Cc2cccnc2S(=O)(=O)c2ccc(F)cc2)c2c(n1CC(=O)O)CC(C)(C)CC2=O. The lowest BCUT2D eigenvalue weighted by atomic mass is 9.75. The summed E-state index contributed by atoms with van der Waals surface area (Å²) in [6, 6.07) is 7.75. The van der Waals surface area contributed by atoms with Gasteiger partial charge in [-0.2, -0.15) is 0 Å². The summed E-state index contributed by atoms with van der Waals surface area (Å²) in [5, 5.41) is 9.29. The third-order valence-electron chi connectivity index (χ3n) is 6.21. The standard InChI is InChI=1S/C25H25FN2O5S/c1-15-19(23-20(28(15)14-22(30)31)12-25(2,3)13-21(23)29)11-16-5-4-10-27-24(16)34(32,33)18-8-6-17(26)7-9-18/h4-10H,11-14H2,1-3H3,(H,30,31). The van der Waals surface area contributed by atoms with Gasteiger partial charge in [0.25, 0.3) is 0 Å². The number of carbonyl (C=O) groups excluding carboxylic acids is 1. The summed E-state index contributed by atoms with van der Waals surface area (Å²) < 4.78 is 41.6. The molecule has 7 nitrogen and oxygen atoms in total. The number of rotatable bonds is 6. The summed E-state index contributed by atoms with van der Waals surface area (Å²) in [6.45, 7) is 5.40. The second-order valence-corrected chi connectivity index (χ2v) is 11.3. The molecule has 1 aliphatic rings. The van der Waals surface area contributed by atoms with Gasteiger partial charge in [-0.1, -0.05) is 19.9 Å². The fourth-order valence-corrected chi connectivity index (χ4v) is 6.09. The first-order valence-electron chi connectivity index (χ1n) is 10.8. The number of pyridine rings is 1. The lowest BCUT2D eigenvalue weighted by Gasteiger charge is -2.30. The number of halogens is 1. The van der Waals surface area contributed by atoms with Crippen molar-refractivity contribution in [2.24, 2.45) is 5.41 Å². The van der Waals surface area contributed by atoms with Crippen LogP contribution in [0.4, 0.5) is 4.39 Å². The lowest BCUT2D eigenvalue weighted by Crippen LogP contribution is -2.29. The van der Waals surface area contributed by atoms with Crippen molar-refractivity contribution >= 4 is 21.6 Å². The molecule has 34 heavy (non-hydrogen) atoms. The van der Waals surface area contributed by atoms with Crippen molar-refractivity contribution in [3.63, 3.8) is 0 Å². The number of hydrogen-bond donors (Lipinski definition) is 1. The first-order valence-corrected chi connectivity index (χ1v) is 12.3. The molecule has 1 aromatic carbocycles. The average molecular weight is 485 g/mol. The number of benzene rings is 1. The third-order valence-corrected chi connectivity index (χ3v) is 7.98. The first-order chi connectivity index (χ1) is 15.9. The highest BCUT2D eigenvalue weighted by atomic mass is 32.2. The third kappa shape index (κ3) is 4.27. The Balaban J connectivity index is 1.85. The van der Waals surface area contributed by atoms with Crippen LogP contribution in [0.15, 0.2) is 52.5 Å². The van der Waals surface area contributed by atoms with Crippen LogP contribution in [-0.4, -0.2) is 34.8 Å². The maximum Gasteiger partial charge on any atom is 0.323 e. The van der Waals surface area contributed by atoms with Crippen molar-refractivity contribution in [3.8, 4) is 0 Å². The topological polar surface area (TPSA) is 106 Å². The van der Waals surface area contributed by atoms with E-state index in [0.29, 0.717) is 40.9 Å². The smallest absolute Gasteiger partial charge is 0.323 e. The highest BCUT2D eigenvalue weighted by Gasteiger charge is 2.37. The number of carbonyl (C=O) groups is 2. The van der Waals surface area contributed by atoms with E-state index in [-0.39, 0.29) is 34.1 Å². The van der Waals surface area contributed by atoms with E-state index in [2.05, 4.69) is 4.98 Å². The number of nitrogens with zero attached hydrogens (tertiary/aromatic N) is 2. The number of sulfone groups is 1. The molecule has 2 heterocycles. The van der Waals surface area contributed by atoms with Gasteiger partial charge in [-0.25, -0.2) is 17.8 Å². The Labute approximate surface area is 197 Å². The van der Waals surface area contributed by atoms with Crippen LogP contribution in [0.25, 0.3) is 0 Å². The molecule has 0 aliphatic heterocycles. The summed E-state index contributed by atoms with van der Waals surface area (Å²) in [7, 11) is -4.05. The Morgan fingerprint density at radius 3 is 2.50 bits per heavy atom. The molecular formula is C25H25FN2O5S. The summed E-state index contributed by atoms with van der Waals surface area (Å²) >= 11 is 0. The minimum atomic E-state index is -4.05. The van der Waals surface area contributed by atoms with Gasteiger partial charge in [0.1, 0.15) is 12.4 Å². The van der Waals surface area contributed by atoms with E-state index < -0.39 is 21.6 Å². The summed E-state index contributed by atoms with van der Waals surface area (Å²) in [4.78, 5) is 28.8. The fourth-order valence-electron chi connectivity index (χ4n) is 4.69. The molecule has 0 spiro atoms. The van der Waals surface area contributed by atoms with Crippen LogP contribution in [0, 0.1) is 18.2 Å². The lowest BCUT2D eigenvalue weighted by molar-refractivity contribution is -0.137. The number of carboxylic acids is 1. The minimum absolute atomic E-state index is 0.0830. The van der Waals surface area contributed by atoms with Crippen LogP contribution in [0.3, 0.4) is 0 Å². The second-order valence-electron chi connectivity index (χ2n) is 9.41. The van der Waals surface area contributed by atoms with Crippen LogP contribution in [0.1, 0.15) is 53.1 Å². The number of Topliss-reactive ketones (excluding diaryl/α,β-unsaturated/α-hetero) is 1. The molecule has 1 aliphatic carbocycles. The quantitative estimate of drug-likeness (QED) is 0.530. The summed E-state index contributed by atoms with van der Waals surface area (Å²) in [6.07, 6.45) is 2.31. The number of hydrogen-bond acceptors (Lipinski definition) is 5. The summed E-state index contributed by atoms with van der Waals surface area (Å²) in [5.74, 6) is -1.66. The molecule has 1 N–H and O–H groups in total. The van der Waals surface area contributed by atoms with Crippen LogP contribution in [0.5, 0.6) is 0 Å². The van der Waals surface area contributed by atoms with E-state index in [1.807, 2.05) is 13.8 Å². The van der Waals surface area contributed by atoms with Gasteiger partial charge in [0.15, 0.2) is 10.8 Å². The number of aromatic nitrogens is 2. The number of carboxylic acid groups (broad SMARTS) is 1. The molecule has 4 rings (SSSR count). The van der Waals surface area contributed by atoms with Crippen LogP contribution in [-0.2, 0) is 34.0 Å². The minimum Gasteiger partial charge on any atom is -0.480 e. The maximum atomic E-state index is 13.3. The first kappa shape index (κ1) is 23.8. The fraction of sp³-hybridized carbons (Fsp3) is 0.320. The number of aliphatic carboxylic acids is 1. The normalized spacial score (nSPS) is 15.2. The van der Waals surface area contributed by atoms with E-state index >= 15 is 0 Å². The zero-order valence-electron chi connectivity index (χ0n) is 19.1. The Kier molecular flexibility index (Phi) is 5.93. The van der Waals surface area contributed by atoms with E-state index in [4.69, 9.17) is 0 Å². The van der Waals surface area contributed by atoms with Gasteiger partial charge in [-0.15, -0.1) is 0 Å². The molecular weight excluding hydrogens is 459 g/mol. The molecule has 0 fully saturated rings. The monoisotopic (exact) mass is 484 g/mol. The van der Waals surface area contributed by atoms with Crippen molar-refractivity contribution in [2.75, 3.05) is 0 Å². The predicted molar refractivity (Wildman–Crippen MR) is 122 cm³/mol. The molecule has 178 valence electrons. The van der Waals surface area contributed by atoms with Crippen LogP contribution in [0.2, 0.25) is 0 Å². The molecule has 0 saturated carbocycles. The van der Waals surface area contributed by atoms with Gasteiger partial charge >= 0.3 is 5.97 Å². The highest BCUT2D eigenvalue weighted by molar-refractivity contribution is 7.91. The Hall–Kier alpha value is -3.33. The zero-order chi connectivity index (χ0) is 24.8. The summed E-state index contributed by atoms with van der Waals surface area (Å²) in [5.41, 5.74) is 2.44. The van der Waals surface area contributed by atoms with E-state index in [1.165, 1.54) is 18.3 Å². The predicted octanol–water partition coefficient (Wildman–Crippen LogP) is 3.99. The van der Waals surface area contributed by atoms with Crippen LogP contribution < -0.4 is 0 Å². The van der Waals surface area contributed by atoms with Gasteiger partial charge in [0.05, 0.1) is 4.90 Å². The molecule has 3 aromatic rings. The van der Waals surface area contributed by atoms with Crippen molar-refractivity contribution < 1.29 is 27.5 Å². The maximum absolute atomic E-state index is 13.3. The van der Waals surface area contributed by atoms with E-state index in [1.54, 1.807) is 23.6 Å². The van der Waals surface area contributed by atoms with E-state index in [0.717, 1.165) is 12.1 Å². The van der Waals surface area contributed by atoms with Gasteiger partial charge < -0.3 is 9.67 Å². The largest absolute Gasteiger partial charge is 0.480 e. The van der Waals surface area contributed by atoms with Gasteiger partial charge in [-0.05, 0) is 60.2 Å². The Morgan fingerprint density at radius 1 is 1.18 bits per heavy atom. The van der Waals surface area contributed by atoms with Crippen molar-refractivity contribution in [2.45, 2.75) is 56.5 Å². The Bertz CT molecular complexity index is 1410. The highest BCUT2D eigenvalue weighted by Crippen LogP contribution is 2.40. The molecule has 0 bridgehead atoms. The molecule has 2 aromatic heterocycles. The van der Waals surface area contributed by atoms with E-state index in [9.17, 15) is 27.5 Å². The van der Waals surface area contributed by atoms with Crippen LogP contribution >= 0.6 is 0 Å². The number of ketones is 1.